The first-order valence-electron chi connectivity index (χ1n) is 6.92. The number of nitrogen functional groups attached to an aromatic ring is 1. The van der Waals surface area contributed by atoms with Gasteiger partial charge in [0.15, 0.2) is 0 Å². The lowest BCUT2D eigenvalue weighted by Gasteiger charge is -2.12. The number of halogens is 3. The Labute approximate surface area is 157 Å². The van der Waals surface area contributed by atoms with Gasteiger partial charge in [-0.3, -0.25) is 0 Å². The SMILES string of the molecule is N#Cc1c(-c2ccccc2Br)cc(-c2ccc(Cl)cc2Cl)nc1N. The number of hydrogen-bond donors (Lipinski definition) is 1. The zero-order valence-corrected chi connectivity index (χ0v) is 15.3. The van der Waals surface area contributed by atoms with Crippen LogP contribution in [0.2, 0.25) is 10.0 Å². The predicted octanol–water partition coefficient (Wildman–Crippen LogP) is 5.94. The van der Waals surface area contributed by atoms with Crippen molar-refractivity contribution in [1.82, 2.24) is 4.98 Å². The smallest absolute Gasteiger partial charge is 0.142 e. The summed E-state index contributed by atoms with van der Waals surface area (Å²) in [5.74, 6) is 0.159. The lowest BCUT2D eigenvalue weighted by molar-refractivity contribution is 1.31. The first-order valence-corrected chi connectivity index (χ1v) is 8.47. The van der Waals surface area contributed by atoms with Crippen LogP contribution in [0.3, 0.4) is 0 Å². The van der Waals surface area contributed by atoms with E-state index in [-0.39, 0.29) is 5.82 Å². The summed E-state index contributed by atoms with van der Waals surface area (Å²) >= 11 is 15.7. The van der Waals surface area contributed by atoms with E-state index in [0.717, 1.165) is 10.0 Å². The van der Waals surface area contributed by atoms with Crippen LogP contribution in [-0.4, -0.2) is 4.98 Å². The van der Waals surface area contributed by atoms with Crippen molar-refractivity contribution in [3.8, 4) is 28.5 Å². The summed E-state index contributed by atoms with van der Waals surface area (Å²) in [6.45, 7) is 0. The molecule has 3 aromatic rings. The first-order chi connectivity index (χ1) is 11.5. The van der Waals surface area contributed by atoms with Gasteiger partial charge >= 0.3 is 0 Å². The zero-order valence-electron chi connectivity index (χ0n) is 12.2. The van der Waals surface area contributed by atoms with E-state index in [1.807, 2.05) is 30.3 Å². The molecule has 0 aliphatic rings. The van der Waals surface area contributed by atoms with Crippen molar-refractivity contribution >= 4 is 44.9 Å². The Kier molecular flexibility index (Phi) is 4.77. The molecule has 1 heterocycles. The molecule has 0 atom stereocenters. The first kappa shape index (κ1) is 16.8. The maximum absolute atomic E-state index is 9.48. The molecule has 0 unspecified atom stereocenters. The maximum atomic E-state index is 9.48. The second-order valence-corrected chi connectivity index (χ2v) is 6.73. The van der Waals surface area contributed by atoms with Crippen LogP contribution in [0.4, 0.5) is 5.82 Å². The molecule has 0 spiro atoms. The fourth-order valence-electron chi connectivity index (χ4n) is 2.41. The van der Waals surface area contributed by atoms with Crippen molar-refractivity contribution in [1.29, 1.82) is 5.26 Å². The van der Waals surface area contributed by atoms with E-state index in [4.69, 9.17) is 28.9 Å². The fourth-order valence-corrected chi connectivity index (χ4v) is 3.41. The van der Waals surface area contributed by atoms with Gasteiger partial charge in [0.2, 0.25) is 0 Å². The Morgan fingerprint density at radius 3 is 2.42 bits per heavy atom. The van der Waals surface area contributed by atoms with Gasteiger partial charge in [-0.15, -0.1) is 0 Å². The zero-order chi connectivity index (χ0) is 17.3. The summed E-state index contributed by atoms with van der Waals surface area (Å²) in [6.07, 6.45) is 0. The van der Waals surface area contributed by atoms with E-state index in [1.165, 1.54) is 0 Å². The number of aromatic nitrogens is 1. The van der Waals surface area contributed by atoms with Crippen molar-refractivity contribution in [3.05, 3.63) is 68.6 Å². The third kappa shape index (κ3) is 3.11. The van der Waals surface area contributed by atoms with Gasteiger partial charge in [-0.1, -0.05) is 57.3 Å². The summed E-state index contributed by atoms with van der Waals surface area (Å²) in [5, 5.41) is 10.5. The average molecular weight is 419 g/mol. The van der Waals surface area contributed by atoms with Crippen LogP contribution in [0.1, 0.15) is 5.56 Å². The summed E-state index contributed by atoms with van der Waals surface area (Å²) in [4.78, 5) is 4.33. The third-order valence-electron chi connectivity index (χ3n) is 3.53. The van der Waals surface area contributed by atoms with Crippen molar-refractivity contribution in [2.75, 3.05) is 5.73 Å². The molecule has 0 fully saturated rings. The molecular formula is C18H10BrCl2N3. The van der Waals surface area contributed by atoms with Crippen LogP contribution in [0, 0.1) is 11.3 Å². The highest BCUT2D eigenvalue weighted by molar-refractivity contribution is 9.10. The highest BCUT2D eigenvalue weighted by Crippen LogP contribution is 2.37. The van der Waals surface area contributed by atoms with Crippen LogP contribution < -0.4 is 5.73 Å². The lowest BCUT2D eigenvalue weighted by Crippen LogP contribution is -2.00. The summed E-state index contributed by atoms with van der Waals surface area (Å²) in [6, 6.07) is 16.7. The van der Waals surface area contributed by atoms with Gasteiger partial charge in [-0.05, 0) is 35.9 Å². The van der Waals surface area contributed by atoms with Gasteiger partial charge in [-0.2, -0.15) is 5.26 Å². The van der Waals surface area contributed by atoms with Gasteiger partial charge in [-0.25, -0.2) is 4.98 Å². The molecule has 0 saturated heterocycles. The molecule has 0 radical (unpaired) electrons. The van der Waals surface area contributed by atoms with Gasteiger partial charge in [0.25, 0.3) is 0 Å². The number of anilines is 1. The van der Waals surface area contributed by atoms with Crippen LogP contribution in [0.5, 0.6) is 0 Å². The van der Waals surface area contributed by atoms with Gasteiger partial charge in [0.1, 0.15) is 17.5 Å². The lowest BCUT2D eigenvalue weighted by atomic mass is 9.98. The number of pyridine rings is 1. The Balaban J connectivity index is 2.29. The van der Waals surface area contributed by atoms with Crippen molar-refractivity contribution in [2.45, 2.75) is 0 Å². The number of nitrogens with zero attached hydrogens (tertiary/aromatic N) is 2. The van der Waals surface area contributed by atoms with E-state index >= 15 is 0 Å². The highest BCUT2D eigenvalue weighted by atomic mass is 79.9. The number of rotatable bonds is 2. The molecule has 0 bridgehead atoms. The molecule has 2 aromatic carbocycles. The van der Waals surface area contributed by atoms with E-state index < -0.39 is 0 Å². The van der Waals surface area contributed by atoms with E-state index in [1.54, 1.807) is 18.2 Å². The van der Waals surface area contributed by atoms with Gasteiger partial charge in [0.05, 0.1) is 10.7 Å². The second-order valence-electron chi connectivity index (χ2n) is 5.03. The monoisotopic (exact) mass is 417 g/mol. The standard InChI is InChI=1S/C18H10BrCl2N3/c19-15-4-2-1-3-11(15)13-8-17(24-18(23)14(13)9-22)12-6-5-10(20)7-16(12)21/h1-8H,(H2,23,24). The van der Waals surface area contributed by atoms with E-state index in [2.05, 4.69) is 27.0 Å². The minimum atomic E-state index is 0.159. The van der Waals surface area contributed by atoms with Gasteiger partial charge < -0.3 is 5.73 Å². The molecule has 0 saturated carbocycles. The van der Waals surface area contributed by atoms with Crippen molar-refractivity contribution < 1.29 is 0 Å². The van der Waals surface area contributed by atoms with Crippen LogP contribution in [0.25, 0.3) is 22.4 Å². The van der Waals surface area contributed by atoms with Gasteiger partial charge in [0, 0.05) is 20.6 Å². The average Bonchev–Trinajstić information content (AvgIpc) is 2.54. The minimum absolute atomic E-state index is 0.159. The topological polar surface area (TPSA) is 62.7 Å². The van der Waals surface area contributed by atoms with Crippen LogP contribution >= 0.6 is 39.1 Å². The number of hydrogen-bond acceptors (Lipinski definition) is 3. The fraction of sp³-hybridized carbons (Fsp3) is 0. The van der Waals surface area contributed by atoms with Crippen LogP contribution in [-0.2, 0) is 0 Å². The Morgan fingerprint density at radius 1 is 1.00 bits per heavy atom. The Morgan fingerprint density at radius 2 is 1.75 bits per heavy atom. The third-order valence-corrected chi connectivity index (χ3v) is 4.77. The number of benzene rings is 2. The minimum Gasteiger partial charge on any atom is -0.383 e. The van der Waals surface area contributed by atoms with Crippen LogP contribution in [0.15, 0.2) is 53.0 Å². The molecule has 118 valence electrons. The number of nitrogens with two attached hydrogens (primary N) is 1. The maximum Gasteiger partial charge on any atom is 0.142 e. The predicted molar refractivity (Wildman–Crippen MR) is 102 cm³/mol. The quantitative estimate of drug-likeness (QED) is 0.560. The molecule has 2 N–H and O–H groups in total. The molecule has 0 aliphatic carbocycles. The molecule has 0 aliphatic heterocycles. The van der Waals surface area contributed by atoms with E-state index in [9.17, 15) is 5.26 Å². The molecule has 0 amide bonds. The Bertz CT molecular complexity index is 980. The number of nitriles is 1. The van der Waals surface area contributed by atoms with Crippen molar-refractivity contribution in [3.63, 3.8) is 0 Å². The molecule has 3 rings (SSSR count). The summed E-state index contributed by atoms with van der Waals surface area (Å²) in [7, 11) is 0. The van der Waals surface area contributed by atoms with Crippen molar-refractivity contribution in [2.24, 2.45) is 0 Å². The summed E-state index contributed by atoms with van der Waals surface area (Å²) in [5.41, 5.74) is 9.18. The van der Waals surface area contributed by atoms with E-state index in [0.29, 0.717) is 32.4 Å². The summed E-state index contributed by atoms with van der Waals surface area (Å²) < 4.78 is 0.861. The largest absolute Gasteiger partial charge is 0.383 e. The molecule has 3 nitrogen and oxygen atoms in total. The molecule has 1 aromatic heterocycles. The highest BCUT2D eigenvalue weighted by Gasteiger charge is 2.16. The molecule has 24 heavy (non-hydrogen) atoms. The molecular weight excluding hydrogens is 409 g/mol. The normalized spacial score (nSPS) is 10.4. The molecule has 6 heteroatoms. The Hall–Kier alpha value is -2.06. The second kappa shape index (κ2) is 6.82.